The van der Waals surface area contributed by atoms with Crippen molar-refractivity contribution in [3.63, 3.8) is 0 Å². The fraction of sp³-hybridized carbons (Fsp3) is 0.300. The second-order valence-corrected chi connectivity index (χ2v) is 3.98. The van der Waals surface area contributed by atoms with E-state index in [1.54, 1.807) is 0 Å². The lowest BCUT2D eigenvalue weighted by Crippen LogP contribution is -2.23. The molecule has 0 aliphatic rings. The van der Waals surface area contributed by atoms with Crippen LogP contribution in [-0.4, -0.2) is 24.0 Å². The molecule has 1 aromatic carbocycles. The first kappa shape index (κ1) is 10.5. The molecule has 0 N–H and O–H groups in total. The summed E-state index contributed by atoms with van der Waals surface area (Å²) in [7, 11) is 3.88. The Bertz CT molecular complexity index is 282. The topological polar surface area (TPSA) is 3.24 Å². The molecule has 1 nitrogen and oxygen atoms in total. The molecule has 1 rings (SSSR count). The molecular formula is C10H13NS2. The minimum Gasteiger partial charge on any atom is -0.371 e. The summed E-state index contributed by atoms with van der Waals surface area (Å²) in [6.07, 6.45) is 0. The maximum atomic E-state index is 5.23. The molecule has 0 saturated carbocycles. The molecule has 0 radical (unpaired) electrons. The average Bonchev–Trinajstić information content (AvgIpc) is 2.17. The van der Waals surface area contributed by atoms with Gasteiger partial charge in [-0.25, -0.2) is 0 Å². The standard InChI is InChI=1S/C10H13NS2/c1-11(2)10(13)9(12)8-6-4-3-5-7-8/h3-7,9,12H,1-2H3. The second kappa shape index (κ2) is 4.63. The van der Waals surface area contributed by atoms with Crippen molar-refractivity contribution in [3.8, 4) is 0 Å². The van der Waals surface area contributed by atoms with E-state index in [9.17, 15) is 0 Å². The largest absolute Gasteiger partial charge is 0.371 e. The number of rotatable bonds is 2. The molecule has 0 saturated heterocycles. The van der Waals surface area contributed by atoms with Gasteiger partial charge in [0, 0.05) is 14.1 Å². The van der Waals surface area contributed by atoms with Crippen molar-refractivity contribution in [2.45, 2.75) is 5.25 Å². The van der Waals surface area contributed by atoms with E-state index in [2.05, 4.69) is 12.6 Å². The highest BCUT2D eigenvalue weighted by atomic mass is 32.1. The second-order valence-electron chi connectivity index (χ2n) is 3.05. The van der Waals surface area contributed by atoms with Gasteiger partial charge in [0.05, 0.1) is 10.2 Å². The minimum absolute atomic E-state index is 0.0196. The van der Waals surface area contributed by atoms with Gasteiger partial charge in [0.1, 0.15) is 0 Å². The van der Waals surface area contributed by atoms with E-state index in [-0.39, 0.29) is 5.25 Å². The van der Waals surface area contributed by atoms with Gasteiger partial charge in [-0.05, 0) is 5.56 Å². The maximum absolute atomic E-state index is 5.23. The third-order valence-corrected chi connectivity index (χ3v) is 3.11. The van der Waals surface area contributed by atoms with Crippen molar-refractivity contribution in [3.05, 3.63) is 35.9 Å². The van der Waals surface area contributed by atoms with Crippen LogP contribution in [0.3, 0.4) is 0 Å². The Morgan fingerprint density at radius 3 is 2.31 bits per heavy atom. The van der Waals surface area contributed by atoms with Crippen LogP contribution in [0.25, 0.3) is 0 Å². The zero-order valence-corrected chi connectivity index (χ0v) is 9.48. The molecule has 0 bridgehead atoms. The molecule has 0 aliphatic carbocycles. The van der Waals surface area contributed by atoms with Gasteiger partial charge in [0.2, 0.25) is 0 Å². The van der Waals surface area contributed by atoms with Crippen LogP contribution in [-0.2, 0) is 0 Å². The Morgan fingerprint density at radius 2 is 1.85 bits per heavy atom. The lowest BCUT2D eigenvalue weighted by molar-refractivity contribution is 0.623. The summed E-state index contributed by atoms with van der Waals surface area (Å²) >= 11 is 9.70. The van der Waals surface area contributed by atoms with Crippen LogP contribution in [0.2, 0.25) is 0 Å². The van der Waals surface area contributed by atoms with Crippen LogP contribution in [0.5, 0.6) is 0 Å². The molecule has 1 aromatic rings. The predicted octanol–water partition coefficient (Wildman–Crippen LogP) is 2.55. The van der Waals surface area contributed by atoms with Crippen molar-refractivity contribution >= 4 is 29.8 Å². The Balaban J connectivity index is 2.80. The van der Waals surface area contributed by atoms with Crippen molar-refractivity contribution in [2.24, 2.45) is 0 Å². The molecular weight excluding hydrogens is 198 g/mol. The van der Waals surface area contributed by atoms with Gasteiger partial charge >= 0.3 is 0 Å². The predicted molar refractivity (Wildman–Crippen MR) is 64.5 cm³/mol. The van der Waals surface area contributed by atoms with Crippen molar-refractivity contribution in [1.29, 1.82) is 0 Å². The molecule has 0 amide bonds. The zero-order valence-electron chi connectivity index (χ0n) is 7.77. The monoisotopic (exact) mass is 211 g/mol. The molecule has 0 heterocycles. The fourth-order valence-electron chi connectivity index (χ4n) is 1.02. The quantitative estimate of drug-likeness (QED) is 0.591. The van der Waals surface area contributed by atoms with Gasteiger partial charge in [-0.1, -0.05) is 42.5 Å². The first-order valence-electron chi connectivity index (χ1n) is 4.07. The number of hydrogen-bond donors (Lipinski definition) is 1. The van der Waals surface area contributed by atoms with Crippen molar-refractivity contribution in [2.75, 3.05) is 14.1 Å². The van der Waals surface area contributed by atoms with Crippen LogP contribution >= 0.6 is 24.8 Å². The Labute approximate surface area is 90.2 Å². The molecule has 3 heteroatoms. The summed E-state index contributed by atoms with van der Waals surface area (Å²) in [5, 5.41) is 0.0196. The van der Waals surface area contributed by atoms with Gasteiger partial charge in [-0.2, -0.15) is 12.6 Å². The first-order valence-corrected chi connectivity index (χ1v) is 4.99. The van der Waals surface area contributed by atoms with E-state index in [0.717, 1.165) is 10.6 Å². The molecule has 0 spiro atoms. The number of likely N-dealkylation sites (N-methyl/N-ethyl adjacent to an activating group) is 1. The van der Waals surface area contributed by atoms with Crippen LogP contribution in [0, 0.1) is 0 Å². The normalized spacial score (nSPS) is 12.2. The van der Waals surface area contributed by atoms with Crippen molar-refractivity contribution < 1.29 is 0 Å². The summed E-state index contributed by atoms with van der Waals surface area (Å²) in [4.78, 5) is 2.76. The van der Waals surface area contributed by atoms with E-state index in [1.165, 1.54) is 0 Å². The van der Waals surface area contributed by atoms with Crippen LogP contribution in [0.15, 0.2) is 30.3 Å². The maximum Gasteiger partial charge on any atom is 0.0948 e. The van der Waals surface area contributed by atoms with Gasteiger partial charge in [0.15, 0.2) is 0 Å². The van der Waals surface area contributed by atoms with E-state index in [1.807, 2.05) is 49.3 Å². The van der Waals surface area contributed by atoms with E-state index in [4.69, 9.17) is 12.2 Å². The van der Waals surface area contributed by atoms with E-state index < -0.39 is 0 Å². The Kier molecular flexibility index (Phi) is 3.75. The number of hydrogen-bond acceptors (Lipinski definition) is 2. The summed E-state index contributed by atoms with van der Waals surface area (Å²) in [6, 6.07) is 10.1. The molecule has 0 aliphatic heterocycles. The van der Waals surface area contributed by atoms with E-state index in [0.29, 0.717) is 0 Å². The van der Waals surface area contributed by atoms with Crippen molar-refractivity contribution in [1.82, 2.24) is 4.90 Å². The summed E-state index contributed by atoms with van der Waals surface area (Å²) in [6.45, 7) is 0. The SMILES string of the molecule is CN(C)C(=S)C(S)c1ccccc1. The highest BCUT2D eigenvalue weighted by Gasteiger charge is 2.12. The lowest BCUT2D eigenvalue weighted by Gasteiger charge is -2.19. The van der Waals surface area contributed by atoms with Crippen LogP contribution < -0.4 is 0 Å². The first-order chi connectivity index (χ1) is 6.13. The highest BCUT2D eigenvalue weighted by molar-refractivity contribution is 7.86. The Hall–Kier alpha value is -0.540. The molecule has 1 unspecified atom stereocenters. The van der Waals surface area contributed by atoms with E-state index >= 15 is 0 Å². The minimum atomic E-state index is 0.0196. The number of thiocarbonyl (C=S) groups is 1. The van der Waals surface area contributed by atoms with Gasteiger partial charge in [0.25, 0.3) is 0 Å². The number of thiol groups is 1. The summed E-state index contributed by atoms with van der Waals surface area (Å²) < 4.78 is 0. The molecule has 0 aromatic heterocycles. The fourth-order valence-corrected chi connectivity index (χ4v) is 1.56. The average molecular weight is 211 g/mol. The third-order valence-electron chi connectivity index (χ3n) is 1.79. The smallest absolute Gasteiger partial charge is 0.0948 e. The van der Waals surface area contributed by atoms with Gasteiger partial charge in [-0.15, -0.1) is 0 Å². The number of benzene rings is 1. The highest BCUT2D eigenvalue weighted by Crippen LogP contribution is 2.22. The third kappa shape index (κ3) is 2.71. The van der Waals surface area contributed by atoms with Crippen LogP contribution in [0.4, 0.5) is 0 Å². The van der Waals surface area contributed by atoms with Gasteiger partial charge < -0.3 is 4.90 Å². The number of nitrogens with zero attached hydrogens (tertiary/aromatic N) is 1. The molecule has 1 atom stereocenters. The summed E-state index contributed by atoms with van der Waals surface area (Å²) in [5.41, 5.74) is 1.14. The van der Waals surface area contributed by atoms with Gasteiger partial charge in [-0.3, -0.25) is 0 Å². The molecule has 13 heavy (non-hydrogen) atoms. The molecule has 0 fully saturated rings. The Morgan fingerprint density at radius 1 is 1.31 bits per heavy atom. The van der Waals surface area contributed by atoms with Crippen LogP contribution in [0.1, 0.15) is 10.8 Å². The summed E-state index contributed by atoms with van der Waals surface area (Å²) in [5.74, 6) is 0. The molecule has 70 valence electrons. The zero-order chi connectivity index (χ0) is 9.84. The lowest BCUT2D eigenvalue weighted by atomic mass is 10.1.